The summed E-state index contributed by atoms with van der Waals surface area (Å²) in [5.41, 5.74) is 2.46. The van der Waals surface area contributed by atoms with Crippen molar-refractivity contribution in [2.24, 2.45) is 11.8 Å². The first kappa shape index (κ1) is 16.2. The number of hydrogen-bond donors (Lipinski definition) is 1. The SMILES string of the molecule is N#CC(NC(=O)[C@@H]1CCCC[C@@H]1N1CC=Cc2ccccc21)C1CC1. The summed E-state index contributed by atoms with van der Waals surface area (Å²) in [4.78, 5) is 15.4. The number of carbonyl (C=O) groups excluding carboxylic acids is 1. The van der Waals surface area contributed by atoms with Crippen LogP contribution in [0.25, 0.3) is 6.08 Å². The van der Waals surface area contributed by atoms with Crippen LogP contribution in [0.3, 0.4) is 0 Å². The fourth-order valence-electron chi connectivity index (χ4n) is 4.33. The van der Waals surface area contributed by atoms with Crippen molar-refractivity contribution in [2.45, 2.75) is 50.6 Å². The van der Waals surface area contributed by atoms with Crippen LogP contribution in [-0.4, -0.2) is 24.5 Å². The molecule has 4 heteroatoms. The largest absolute Gasteiger partial charge is 0.364 e. The van der Waals surface area contributed by atoms with E-state index in [1.54, 1.807) is 0 Å². The first-order valence-corrected chi connectivity index (χ1v) is 9.50. The molecular weight excluding hydrogens is 310 g/mol. The second kappa shape index (κ2) is 6.92. The molecule has 0 bridgehead atoms. The molecule has 1 aliphatic heterocycles. The molecule has 130 valence electrons. The van der Waals surface area contributed by atoms with E-state index in [9.17, 15) is 10.1 Å². The van der Waals surface area contributed by atoms with Gasteiger partial charge in [0.1, 0.15) is 6.04 Å². The van der Waals surface area contributed by atoms with Crippen LogP contribution in [0.15, 0.2) is 30.3 Å². The normalized spacial score (nSPS) is 26.4. The lowest BCUT2D eigenvalue weighted by molar-refractivity contribution is -0.127. The topological polar surface area (TPSA) is 56.1 Å². The molecule has 3 atom stereocenters. The molecule has 25 heavy (non-hydrogen) atoms. The van der Waals surface area contributed by atoms with Crippen LogP contribution in [-0.2, 0) is 4.79 Å². The van der Waals surface area contributed by atoms with Gasteiger partial charge in [-0.05, 0) is 43.2 Å². The Bertz CT molecular complexity index is 716. The molecule has 2 saturated carbocycles. The zero-order chi connectivity index (χ0) is 17.2. The maximum atomic E-state index is 13.0. The monoisotopic (exact) mass is 335 g/mol. The lowest BCUT2D eigenvalue weighted by Gasteiger charge is -2.42. The molecule has 0 spiro atoms. The third-order valence-electron chi connectivity index (χ3n) is 5.84. The predicted octanol–water partition coefficient (Wildman–Crippen LogP) is 3.50. The molecule has 1 amide bonds. The Morgan fingerprint density at radius 3 is 2.80 bits per heavy atom. The molecular formula is C21H25N3O. The predicted molar refractivity (Wildman–Crippen MR) is 98.8 cm³/mol. The minimum absolute atomic E-state index is 0.0251. The van der Waals surface area contributed by atoms with E-state index in [1.165, 1.54) is 17.7 Å². The van der Waals surface area contributed by atoms with Crippen molar-refractivity contribution in [2.75, 3.05) is 11.4 Å². The molecule has 1 aromatic carbocycles. The highest BCUT2D eigenvalue weighted by Crippen LogP contribution is 2.36. The van der Waals surface area contributed by atoms with Crippen molar-refractivity contribution in [1.82, 2.24) is 5.32 Å². The first-order valence-electron chi connectivity index (χ1n) is 9.50. The van der Waals surface area contributed by atoms with E-state index >= 15 is 0 Å². The van der Waals surface area contributed by atoms with Gasteiger partial charge in [-0.15, -0.1) is 0 Å². The number of benzene rings is 1. The number of anilines is 1. The number of amides is 1. The van der Waals surface area contributed by atoms with Crippen molar-refractivity contribution in [3.8, 4) is 6.07 Å². The summed E-state index contributed by atoms with van der Waals surface area (Å²) >= 11 is 0. The van der Waals surface area contributed by atoms with Gasteiger partial charge < -0.3 is 10.2 Å². The zero-order valence-electron chi connectivity index (χ0n) is 14.5. The molecule has 0 saturated heterocycles. The molecule has 0 radical (unpaired) electrons. The van der Waals surface area contributed by atoms with Crippen molar-refractivity contribution in [3.63, 3.8) is 0 Å². The van der Waals surface area contributed by atoms with E-state index in [0.29, 0.717) is 5.92 Å². The fraction of sp³-hybridized carbons (Fsp3) is 0.524. The van der Waals surface area contributed by atoms with Crippen molar-refractivity contribution in [1.29, 1.82) is 5.26 Å². The van der Waals surface area contributed by atoms with Gasteiger partial charge in [0.15, 0.2) is 0 Å². The lowest BCUT2D eigenvalue weighted by Crippen LogP contribution is -2.51. The van der Waals surface area contributed by atoms with E-state index in [-0.39, 0.29) is 23.9 Å². The van der Waals surface area contributed by atoms with Crippen LogP contribution in [0, 0.1) is 23.2 Å². The summed E-state index contributed by atoms with van der Waals surface area (Å²) in [5, 5.41) is 12.4. The quantitative estimate of drug-likeness (QED) is 0.916. The Hall–Kier alpha value is -2.28. The van der Waals surface area contributed by atoms with E-state index < -0.39 is 0 Å². The second-order valence-corrected chi connectivity index (χ2v) is 7.52. The Morgan fingerprint density at radius 2 is 2.00 bits per heavy atom. The minimum atomic E-state index is -0.302. The first-order chi connectivity index (χ1) is 12.3. The average molecular weight is 335 g/mol. The molecule has 1 heterocycles. The number of nitrogens with zero attached hydrogens (tertiary/aromatic N) is 2. The van der Waals surface area contributed by atoms with E-state index in [4.69, 9.17) is 0 Å². The Morgan fingerprint density at radius 1 is 1.20 bits per heavy atom. The number of para-hydroxylation sites is 1. The number of nitriles is 1. The summed E-state index contributed by atoms with van der Waals surface area (Å²) in [6.45, 7) is 0.857. The summed E-state index contributed by atoms with van der Waals surface area (Å²) in [5.74, 6) is 0.424. The van der Waals surface area contributed by atoms with Gasteiger partial charge in [-0.3, -0.25) is 4.79 Å². The third kappa shape index (κ3) is 3.28. The van der Waals surface area contributed by atoms with Crippen LogP contribution in [0.2, 0.25) is 0 Å². The van der Waals surface area contributed by atoms with Crippen LogP contribution >= 0.6 is 0 Å². The van der Waals surface area contributed by atoms with Gasteiger partial charge in [-0.2, -0.15) is 5.26 Å². The second-order valence-electron chi connectivity index (χ2n) is 7.52. The Kier molecular flexibility index (Phi) is 4.48. The van der Waals surface area contributed by atoms with Crippen LogP contribution in [0.4, 0.5) is 5.69 Å². The van der Waals surface area contributed by atoms with Gasteiger partial charge in [0.05, 0.1) is 12.0 Å². The highest BCUT2D eigenvalue weighted by atomic mass is 16.2. The van der Waals surface area contributed by atoms with Gasteiger partial charge in [0.25, 0.3) is 0 Å². The smallest absolute Gasteiger partial charge is 0.226 e. The van der Waals surface area contributed by atoms with Crippen molar-refractivity contribution >= 4 is 17.7 Å². The summed E-state index contributed by atoms with van der Waals surface area (Å²) in [6, 6.07) is 10.6. The van der Waals surface area contributed by atoms with Gasteiger partial charge in [-0.25, -0.2) is 0 Å². The van der Waals surface area contributed by atoms with Gasteiger partial charge >= 0.3 is 0 Å². The van der Waals surface area contributed by atoms with E-state index in [0.717, 1.165) is 38.6 Å². The number of hydrogen-bond acceptors (Lipinski definition) is 3. The molecule has 2 aliphatic carbocycles. The Balaban J connectivity index is 1.54. The van der Waals surface area contributed by atoms with Gasteiger partial charge in [0, 0.05) is 18.3 Å². The summed E-state index contributed by atoms with van der Waals surface area (Å²) < 4.78 is 0. The number of rotatable bonds is 4. The van der Waals surface area contributed by atoms with Crippen LogP contribution in [0.1, 0.15) is 44.1 Å². The summed E-state index contributed by atoms with van der Waals surface area (Å²) in [6.07, 6.45) is 10.7. The lowest BCUT2D eigenvalue weighted by atomic mass is 9.81. The highest BCUT2D eigenvalue weighted by Gasteiger charge is 2.39. The van der Waals surface area contributed by atoms with Gasteiger partial charge in [0.2, 0.25) is 5.91 Å². The molecule has 4 nitrogen and oxygen atoms in total. The Labute approximate surface area is 149 Å². The maximum absolute atomic E-state index is 13.0. The minimum Gasteiger partial charge on any atom is -0.364 e. The van der Waals surface area contributed by atoms with Crippen LogP contribution in [0.5, 0.6) is 0 Å². The number of nitrogens with one attached hydrogen (secondary N) is 1. The van der Waals surface area contributed by atoms with Crippen molar-refractivity contribution in [3.05, 3.63) is 35.9 Å². The molecule has 1 aromatic rings. The third-order valence-corrected chi connectivity index (χ3v) is 5.84. The fourth-order valence-corrected chi connectivity index (χ4v) is 4.33. The number of carbonyl (C=O) groups is 1. The highest BCUT2D eigenvalue weighted by molar-refractivity contribution is 5.81. The zero-order valence-corrected chi connectivity index (χ0v) is 14.5. The standard InChI is InChI=1S/C21H25N3O/c22-14-18(15-11-12-15)23-21(25)17-8-2-4-10-20(17)24-13-5-7-16-6-1-3-9-19(16)24/h1,3,5-7,9,15,17-18,20H,2,4,8,10-13H2,(H,23,25)/t17-,18?,20+/m1/s1. The van der Waals surface area contributed by atoms with Gasteiger partial charge in [-0.1, -0.05) is 43.2 Å². The van der Waals surface area contributed by atoms with E-state index in [2.05, 4.69) is 52.7 Å². The molecule has 1 N–H and O–H groups in total. The molecule has 2 fully saturated rings. The van der Waals surface area contributed by atoms with E-state index in [1.807, 2.05) is 0 Å². The molecule has 0 aromatic heterocycles. The molecule has 4 rings (SSSR count). The van der Waals surface area contributed by atoms with Crippen molar-refractivity contribution < 1.29 is 4.79 Å². The average Bonchev–Trinajstić information content (AvgIpc) is 3.50. The summed E-state index contributed by atoms with van der Waals surface area (Å²) in [7, 11) is 0. The van der Waals surface area contributed by atoms with Crippen LogP contribution < -0.4 is 10.2 Å². The number of fused-ring (bicyclic) bond motifs is 1. The molecule has 1 unspecified atom stereocenters. The maximum Gasteiger partial charge on any atom is 0.226 e. The molecule has 3 aliphatic rings.